The molecule has 1 unspecified atom stereocenters. The topological polar surface area (TPSA) is 219 Å². The molecule has 4 N–H and O–H groups in total. The zero-order valence-corrected chi connectivity index (χ0v) is 35.4. The van der Waals surface area contributed by atoms with Gasteiger partial charge in [0.2, 0.25) is 0 Å². The third kappa shape index (κ3) is 31.0. The van der Waals surface area contributed by atoms with E-state index in [9.17, 15) is 4.79 Å². The number of carbonyl (C=O) groups is 1. The lowest BCUT2D eigenvalue weighted by Gasteiger charge is -2.20. The third-order valence-electron chi connectivity index (χ3n) is 4.80. The van der Waals surface area contributed by atoms with Gasteiger partial charge in [-0.3, -0.25) is 9.89 Å². The summed E-state index contributed by atoms with van der Waals surface area (Å²) in [4.78, 5) is 51.3. The van der Waals surface area contributed by atoms with Crippen LogP contribution in [0.5, 0.6) is 0 Å². The number of aryl methyl sites for hydroxylation is 1. The van der Waals surface area contributed by atoms with Crippen LogP contribution in [0.15, 0.2) is 105 Å². The van der Waals surface area contributed by atoms with Crippen LogP contribution in [0.3, 0.4) is 0 Å². The number of carbonyl (C=O) groups excluding carboxylic acids is 1. The Labute approximate surface area is 328 Å². The summed E-state index contributed by atoms with van der Waals surface area (Å²) in [6.45, 7) is 25.9. The molecule has 6 aromatic heterocycles. The van der Waals surface area contributed by atoms with Crippen molar-refractivity contribution in [3.63, 3.8) is 0 Å². The van der Waals surface area contributed by atoms with Crippen LogP contribution in [0.25, 0.3) is 0 Å². The Kier molecular flexibility index (Phi) is 46.2. The molecule has 0 fully saturated rings. The molecule has 8 heterocycles. The number of hydrogen-bond donors (Lipinski definition) is 4. The van der Waals surface area contributed by atoms with E-state index >= 15 is 0 Å². The Morgan fingerprint density at radius 3 is 1.64 bits per heavy atom. The molecule has 0 saturated carbocycles. The van der Waals surface area contributed by atoms with Crippen molar-refractivity contribution in [1.29, 1.82) is 0 Å². The molecule has 0 bridgehead atoms. The minimum Gasteiger partial charge on any atom is -0.348 e. The van der Waals surface area contributed by atoms with Crippen molar-refractivity contribution in [3.8, 4) is 0 Å². The van der Waals surface area contributed by atoms with E-state index in [-0.39, 0.29) is 12.1 Å². The van der Waals surface area contributed by atoms with Gasteiger partial charge in [0.25, 0.3) is 5.91 Å². The summed E-state index contributed by atoms with van der Waals surface area (Å²) >= 11 is 0. The van der Waals surface area contributed by atoms with Gasteiger partial charge in [-0.2, -0.15) is 5.10 Å². The average Bonchev–Trinajstić information content (AvgIpc) is 4.15. The smallest absolute Gasteiger partial charge is 0.273 e. The Morgan fingerprint density at radius 1 is 0.655 bits per heavy atom. The fourth-order valence-electron chi connectivity index (χ4n) is 2.97. The van der Waals surface area contributed by atoms with Gasteiger partial charge < -0.3 is 20.2 Å². The summed E-state index contributed by atoms with van der Waals surface area (Å²) in [5.74, 6) is 1.41. The van der Waals surface area contributed by atoms with Crippen molar-refractivity contribution in [3.05, 3.63) is 111 Å². The number of nitrogens with one attached hydrogen (secondary N) is 4. The van der Waals surface area contributed by atoms with Crippen molar-refractivity contribution in [2.45, 2.75) is 103 Å². The standard InChI is InChI=1S/C7H6N2.C6H8N4O.C4H6N2.C4H4N2.C3H3N3.C2H3N3.6C2H6/c1-2-6-3-5-9-7(6)8-4-1;1-3-9-5-4(6(11)10-3)7-2-8-5;1-6-3-2-5-4-6;1-2-5-4-6-3-1;1-4-2-6-3-5-1;1-3-2-5-4-1;6*1-2/h1-2,4-5H,3H2;2-3,9H,1H3,(H,7,8)(H,10,11);2-4H,1H3;1-4H;1-3H;1-2H,(H,3,4,5);6*1-2H3. The van der Waals surface area contributed by atoms with Gasteiger partial charge in [-0.15, -0.1) is 0 Å². The van der Waals surface area contributed by atoms with Crippen LogP contribution in [0.4, 0.5) is 11.6 Å². The number of amides is 1. The SMILES string of the molecule is C1=Nc2ncccc2C1.CC.CC.CC.CC.CC.CC.CC1NC(=O)c2[nH]cnc2N1.Cn1ccnc1.c1cncnc1.c1nc[nH]n1.c1ncncn1. The number of aliphatic imine (C=N–C) groups is 1. The predicted octanol–water partition coefficient (Wildman–Crippen LogP) is 7.98. The second kappa shape index (κ2) is 45.8. The Balaban J connectivity index is -0.000000273. The largest absolute Gasteiger partial charge is 0.348 e. The monoisotopic (exact) mass is 763 g/mol. The number of anilines is 1. The summed E-state index contributed by atoms with van der Waals surface area (Å²) in [5, 5.41) is 11.7. The minimum absolute atomic E-state index is 0.0432. The highest BCUT2D eigenvalue weighted by atomic mass is 16.2. The first-order valence-electron chi connectivity index (χ1n) is 18.7. The second-order valence-electron chi connectivity index (χ2n) is 8.05. The third-order valence-corrected chi connectivity index (χ3v) is 4.80. The van der Waals surface area contributed by atoms with Crippen molar-refractivity contribution in [2.24, 2.45) is 12.0 Å². The number of nitrogens with zero attached hydrogens (tertiary/aromatic N) is 12. The van der Waals surface area contributed by atoms with E-state index in [0.29, 0.717) is 11.5 Å². The maximum atomic E-state index is 11.1. The van der Waals surface area contributed by atoms with Gasteiger partial charge in [0, 0.05) is 56.2 Å². The van der Waals surface area contributed by atoms with Gasteiger partial charge in [-0.25, -0.2) is 49.8 Å². The van der Waals surface area contributed by atoms with Crippen LogP contribution < -0.4 is 10.6 Å². The average molecular weight is 763 g/mol. The van der Waals surface area contributed by atoms with Crippen molar-refractivity contribution in [1.82, 2.24) is 69.9 Å². The molecule has 304 valence electrons. The van der Waals surface area contributed by atoms with E-state index < -0.39 is 0 Å². The van der Waals surface area contributed by atoms with Crippen LogP contribution in [0.2, 0.25) is 0 Å². The number of fused-ring (bicyclic) bond motifs is 2. The Morgan fingerprint density at radius 2 is 1.25 bits per heavy atom. The van der Waals surface area contributed by atoms with E-state index in [1.165, 1.54) is 49.9 Å². The van der Waals surface area contributed by atoms with E-state index in [1.54, 1.807) is 37.2 Å². The molecule has 1 amide bonds. The zero-order chi connectivity index (χ0) is 42.4. The molecule has 0 spiro atoms. The lowest BCUT2D eigenvalue weighted by molar-refractivity contribution is 0.0934. The highest BCUT2D eigenvalue weighted by Gasteiger charge is 2.22. The number of rotatable bonds is 0. The summed E-state index contributed by atoms with van der Waals surface area (Å²) in [6, 6.07) is 5.77. The van der Waals surface area contributed by atoms with Gasteiger partial charge in [-0.05, 0) is 19.1 Å². The lowest BCUT2D eigenvalue weighted by atomic mass is 10.2. The van der Waals surface area contributed by atoms with Crippen molar-refractivity contribution >= 4 is 23.8 Å². The minimum atomic E-state index is -0.108. The van der Waals surface area contributed by atoms with E-state index in [4.69, 9.17) is 0 Å². The van der Waals surface area contributed by atoms with Crippen molar-refractivity contribution < 1.29 is 4.79 Å². The lowest BCUT2D eigenvalue weighted by Crippen LogP contribution is -2.42. The van der Waals surface area contributed by atoms with Gasteiger partial charge >= 0.3 is 0 Å². The van der Waals surface area contributed by atoms with Gasteiger partial charge in [0.1, 0.15) is 43.7 Å². The summed E-state index contributed by atoms with van der Waals surface area (Å²) in [6.07, 6.45) is 23.6. The highest BCUT2D eigenvalue weighted by molar-refractivity contribution is 5.98. The van der Waals surface area contributed by atoms with E-state index in [1.807, 2.05) is 120 Å². The highest BCUT2D eigenvalue weighted by Crippen LogP contribution is 2.18. The molecular formula is C38H66N16O. The number of hydrogen-bond acceptors (Lipinski definition) is 13. The molecule has 0 aliphatic carbocycles. The first kappa shape index (κ1) is 55.5. The molecule has 0 radical (unpaired) electrons. The van der Waals surface area contributed by atoms with E-state index in [2.05, 4.69) is 81.7 Å². The second-order valence-corrected chi connectivity index (χ2v) is 8.05. The summed E-state index contributed by atoms with van der Waals surface area (Å²) < 4.78 is 1.89. The molecule has 0 aromatic carbocycles. The number of H-pyrrole nitrogens is 2. The van der Waals surface area contributed by atoms with Crippen LogP contribution in [0, 0.1) is 0 Å². The van der Waals surface area contributed by atoms with Crippen LogP contribution in [-0.4, -0.2) is 82.9 Å². The van der Waals surface area contributed by atoms with Crippen LogP contribution >= 0.6 is 0 Å². The quantitative estimate of drug-likeness (QED) is 0.116. The molecular weight excluding hydrogens is 697 g/mol. The van der Waals surface area contributed by atoms with Crippen molar-refractivity contribution in [2.75, 3.05) is 5.32 Å². The molecule has 0 saturated heterocycles. The van der Waals surface area contributed by atoms with Crippen LogP contribution in [0.1, 0.15) is 106 Å². The summed E-state index contributed by atoms with van der Waals surface area (Å²) in [5.41, 5.74) is 1.74. The predicted molar refractivity (Wildman–Crippen MR) is 225 cm³/mol. The van der Waals surface area contributed by atoms with Gasteiger partial charge in [-0.1, -0.05) is 89.2 Å². The molecule has 17 nitrogen and oxygen atoms in total. The normalized spacial score (nSPS) is 10.7. The van der Waals surface area contributed by atoms with Gasteiger partial charge in [0.05, 0.1) is 18.8 Å². The number of aromatic amines is 2. The molecule has 2 aliphatic heterocycles. The maximum Gasteiger partial charge on any atom is 0.273 e. The van der Waals surface area contributed by atoms with E-state index in [0.717, 1.165) is 12.2 Å². The molecule has 1 atom stereocenters. The first-order chi connectivity index (χ1) is 27.1. The van der Waals surface area contributed by atoms with Crippen LogP contribution in [-0.2, 0) is 13.5 Å². The molecule has 6 aromatic rings. The fourth-order valence-corrected chi connectivity index (χ4v) is 2.97. The Bertz CT molecular complexity index is 1450. The number of pyridine rings is 1. The maximum absolute atomic E-state index is 11.1. The molecule has 17 heteroatoms. The molecule has 2 aliphatic rings. The number of imidazole rings is 2. The molecule has 55 heavy (non-hydrogen) atoms. The first-order valence-corrected chi connectivity index (χ1v) is 18.7. The Hall–Kier alpha value is -6.26. The molecule has 8 rings (SSSR count). The van der Waals surface area contributed by atoms with Gasteiger partial charge in [0.15, 0.2) is 11.6 Å². The fraction of sp³-hybridized carbons (Fsp3) is 0.421. The number of aromatic nitrogens is 13. The zero-order valence-electron chi connectivity index (χ0n) is 35.4. The summed E-state index contributed by atoms with van der Waals surface area (Å²) in [7, 11) is 1.94.